The summed E-state index contributed by atoms with van der Waals surface area (Å²) >= 11 is 1.29. The molecule has 0 radical (unpaired) electrons. The molecule has 0 bridgehead atoms. The summed E-state index contributed by atoms with van der Waals surface area (Å²) in [5, 5.41) is 5.72. The summed E-state index contributed by atoms with van der Waals surface area (Å²) in [5.74, 6) is -0.276. The molecule has 7 heteroatoms. The molecule has 138 valence electrons. The molecule has 0 aliphatic carbocycles. The Morgan fingerprint density at radius 1 is 1.11 bits per heavy atom. The maximum Gasteiger partial charge on any atom is 0.321 e. The molecule has 3 amide bonds. The van der Waals surface area contributed by atoms with E-state index >= 15 is 0 Å². The minimum absolute atomic E-state index is 0.0965. The molecule has 0 aliphatic heterocycles. The van der Waals surface area contributed by atoms with Gasteiger partial charge in [0, 0.05) is 13.1 Å². The highest BCUT2D eigenvalue weighted by molar-refractivity contribution is 7.99. The van der Waals surface area contributed by atoms with Crippen molar-refractivity contribution >= 4 is 34.7 Å². The topological polar surface area (TPSA) is 76.0 Å². The summed E-state index contributed by atoms with van der Waals surface area (Å²) in [6, 6.07) is 16.8. The van der Waals surface area contributed by atoms with Crippen LogP contribution in [0.15, 0.2) is 72.4 Å². The molecule has 27 heavy (non-hydrogen) atoms. The van der Waals surface area contributed by atoms with Gasteiger partial charge in [0.25, 0.3) is 0 Å². The Bertz CT molecular complexity index is 953. The number of thioether (sulfide) groups is 1. The maximum absolute atomic E-state index is 12.1. The number of imide groups is 1. The first-order chi connectivity index (χ1) is 13.2. The number of allylic oxidation sites excluding steroid dienone is 1. The number of benzene rings is 2. The van der Waals surface area contributed by atoms with Crippen LogP contribution in [0.2, 0.25) is 0 Å². The first-order valence-corrected chi connectivity index (χ1v) is 9.46. The van der Waals surface area contributed by atoms with Crippen molar-refractivity contribution in [2.24, 2.45) is 0 Å². The minimum atomic E-state index is -0.510. The molecular formula is C20H20N4O2S. The highest BCUT2D eigenvalue weighted by Gasteiger charge is 2.13. The quantitative estimate of drug-likeness (QED) is 0.487. The van der Waals surface area contributed by atoms with E-state index in [1.807, 2.05) is 59.2 Å². The van der Waals surface area contributed by atoms with Gasteiger partial charge in [-0.2, -0.15) is 0 Å². The Labute approximate surface area is 161 Å². The number of amides is 3. The number of fused-ring (bicyclic) bond motifs is 1. The Morgan fingerprint density at radius 3 is 2.63 bits per heavy atom. The zero-order valence-electron chi connectivity index (χ0n) is 14.7. The van der Waals surface area contributed by atoms with Crippen LogP contribution in [-0.4, -0.2) is 27.2 Å². The van der Waals surface area contributed by atoms with Crippen LogP contribution in [0, 0.1) is 0 Å². The lowest BCUT2D eigenvalue weighted by Crippen LogP contribution is -2.40. The fraction of sp³-hybridized carbons (Fsp3) is 0.150. The van der Waals surface area contributed by atoms with E-state index in [9.17, 15) is 9.59 Å². The van der Waals surface area contributed by atoms with Crippen molar-refractivity contribution in [3.05, 3.63) is 72.8 Å². The maximum atomic E-state index is 12.1. The number of para-hydroxylation sites is 2. The molecule has 0 atom stereocenters. The average Bonchev–Trinajstić information content (AvgIpc) is 3.04. The smallest absolute Gasteiger partial charge is 0.321 e. The molecule has 0 spiro atoms. The van der Waals surface area contributed by atoms with Gasteiger partial charge in [-0.25, -0.2) is 9.78 Å². The molecule has 0 saturated heterocycles. The summed E-state index contributed by atoms with van der Waals surface area (Å²) in [7, 11) is 0. The Hall–Kier alpha value is -3.06. The van der Waals surface area contributed by atoms with E-state index in [4.69, 9.17) is 0 Å². The predicted octanol–water partition coefficient (Wildman–Crippen LogP) is 3.34. The molecule has 3 rings (SSSR count). The molecule has 1 heterocycles. The van der Waals surface area contributed by atoms with Crippen LogP contribution < -0.4 is 10.6 Å². The summed E-state index contributed by atoms with van der Waals surface area (Å²) in [6.07, 6.45) is 1.79. The van der Waals surface area contributed by atoms with E-state index in [-0.39, 0.29) is 11.7 Å². The first kappa shape index (κ1) is 18.7. The molecule has 0 fully saturated rings. The number of rotatable bonds is 7. The second-order valence-corrected chi connectivity index (χ2v) is 6.73. The fourth-order valence-electron chi connectivity index (χ4n) is 2.58. The van der Waals surface area contributed by atoms with Gasteiger partial charge in [-0.05, 0) is 17.7 Å². The van der Waals surface area contributed by atoms with Crippen molar-refractivity contribution in [2.75, 3.05) is 5.75 Å². The monoisotopic (exact) mass is 380 g/mol. The Balaban J connectivity index is 1.54. The highest BCUT2D eigenvalue weighted by atomic mass is 32.2. The van der Waals surface area contributed by atoms with Gasteiger partial charge in [-0.1, -0.05) is 60.3 Å². The summed E-state index contributed by atoms with van der Waals surface area (Å²) in [5.41, 5.74) is 2.82. The third kappa shape index (κ3) is 4.98. The summed E-state index contributed by atoms with van der Waals surface area (Å²) < 4.78 is 2.00. The number of nitrogens with zero attached hydrogens (tertiary/aromatic N) is 2. The van der Waals surface area contributed by atoms with E-state index in [1.54, 1.807) is 6.08 Å². The molecule has 1 aromatic heterocycles. The first-order valence-electron chi connectivity index (χ1n) is 8.48. The van der Waals surface area contributed by atoms with Crippen LogP contribution in [0.25, 0.3) is 11.0 Å². The van der Waals surface area contributed by atoms with Crippen LogP contribution in [0.1, 0.15) is 5.56 Å². The highest BCUT2D eigenvalue weighted by Crippen LogP contribution is 2.23. The molecule has 0 aliphatic rings. The van der Waals surface area contributed by atoms with Crippen molar-refractivity contribution in [3.8, 4) is 0 Å². The number of urea groups is 1. The molecule has 0 saturated carbocycles. The number of nitrogens with one attached hydrogen (secondary N) is 2. The minimum Gasteiger partial charge on any atom is -0.334 e. The summed E-state index contributed by atoms with van der Waals surface area (Å²) in [6.45, 7) is 4.74. The average molecular weight is 380 g/mol. The fourth-order valence-corrected chi connectivity index (χ4v) is 3.41. The van der Waals surface area contributed by atoms with Crippen LogP contribution in [0.4, 0.5) is 4.79 Å². The molecule has 2 N–H and O–H groups in total. The second-order valence-electron chi connectivity index (χ2n) is 5.79. The van der Waals surface area contributed by atoms with Crippen LogP contribution in [0.5, 0.6) is 0 Å². The van der Waals surface area contributed by atoms with Gasteiger partial charge in [0.05, 0.1) is 16.8 Å². The second kappa shape index (κ2) is 9.05. The van der Waals surface area contributed by atoms with Crippen LogP contribution in [-0.2, 0) is 17.9 Å². The lowest BCUT2D eigenvalue weighted by molar-refractivity contribution is -0.117. The van der Waals surface area contributed by atoms with Crippen molar-refractivity contribution in [2.45, 2.75) is 18.2 Å². The van der Waals surface area contributed by atoms with Crippen molar-refractivity contribution in [1.82, 2.24) is 20.2 Å². The lowest BCUT2D eigenvalue weighted by atomic mass is 10.2. The molecular weight excluding hydrogens is 360 g/mol. The number of carbonyl (C=O) groups excluding carboxylic acids is 2. The normalized spacial score (nSPS) is 10.5. The van der Waals surface area contributed by atoms with E-state index in [0.717, 1.165) is 21.8 Å². The number of imidazole rings is 1. The molecule has 2 aromatic carbocycles. The van der Waals surface area contributed by atoms with Gasteiger partial charge in [0.15, 0.2) is 5.16 Å². The zero-order valence-corrected chi connectivity index (χ0v) is 15.5. The molecule has 0 unspecified atom stereocenters. The third-order valence-corrected chi connectivity index (χ3v) is 4.79. The van der Waals surface area contributed by atoms with Gasteiger partial charge >= 0.3 is 6.03 Å². The van der Waals surface area contributed by atoms with Gasteiger partial charge in [-0.3, -0.25) is 10.1 Å². The Kier molecular flexibility index (Phi) is 6.27. The van der Waals surface area contributed by atoms with E-state index < -0.39 is 6.03 Å². The standard InChI is InChI=1S/C20H20N4O2S/c1-2-12-24-17-11-7-6-10-16(17)22-20(24)27-14-18(25)23-19(26)21-13-15-8-4-3-5-9-15/h2-11H,1,12-14H2,(H2,21,23,25,26). The van der Waals surface area contributed by atoms with E-state index in [0.29, 0.717) is 13.1 Å². The van der Waals surface area contributed by atoms with Crippen LogP contribution >= 0.6 is 11.8 Å². The third-order valence-electron chi connectivity index (χ3n) is 3.81. The van der Waals surface area contributed by atoms with E-state index in [1.165, 1.54) is 11.8 Å². The Morgan fingerprint density at radius 2 is 1.85 bits per heavy atom. The molecule has 6 nitrogen and oxygen atoms in total. The van der Waals surface area contributed by atoms with Crippen molar-refractivity contribution in [1.29, 1.82) is 0 Å². The van der Waals surface area contributed by atoms with Gasteiger partial charge in [0.1, 0.15) is 0 Å². The van der Waals surface area contributed by atoms with Crippen molar-refractivity contribution < 1.29 is 9.59 Å². The van der Waals surface area contributed by atoms with Crippen molar-refractivity contribution in [3.63, 3.8) is 0 Å². The van der Waals surface area contributed by atoms with Gasteiger partial charge < -0.3 is 9.88 Å². The van der Waals surface area contributed by atoms with Gasteiger partial charge in [0.2, 0.25) is 5.91 Å². The van der Waals surface area contributed by atoms with E-state index in [2.05, 4.69) is 22.2 Å². The largest absolute Gasteiger partial charge is 0.334 e. The molecule has 3 aromatic rings. The lowest BCUT2D eigenvalue weighted by Gasteiger charge is -2.08. The van der Waals surface area contributed by atoms with Crippen LogP contribution in [0.3, 0.4) is 0 Å². The zero-order chi connectivity index (χ0) is 19.1. The number of hydrogen-bond donors (Lipinski definition) is 2. The number of aromatic nitrogens is 2. The number of hydrogen-bond acceptors (Lipinski definition) is 4. The number of carbonyl (C=O) groups is 2. The predicted molar refractivity (Wildman–Crippen MR) is 107 cm³/mol. The SMILES string of the molecule is C=CCn1c(SCC(=O)NC(=O)NCc2ccccc2)nc2ccccc21. The van der Waals surface area contributed by atoms with Gasteiger partial charge in [-0.15, -0.1) is 6.58 Å². The summed E-state index contributed by atoms with van der Waals surface area (Å²) in [4.78, 5) is 28.5.